The first-order valence-electron chi connectivity index (χ1n) is 16.4. The number of aryl methyl sites for hydroxylation is 1. The van der Waals surface area contributed by atoms with Crippen LogP contribution in [0.4, 0.5) is 11.4 Å². The first-order valence-corrected chi connectivity index (χ1v) is 19.4. The number of H-pyrrole nitrogens is 1. The van der Waals surface area contributed by atoms with Gasteiger partial charge in [0, 0.05) is 58.2 Å². The molecule has 0 bridgehead atoms. The van der Waals surface area contributed by atoms with Crippen molar-refractivity contribution in [3.05, 3.63) is 108 Å². The first kappa shape index (κ1) is 31.9. The lowest BCUT2D eigenvalue weighted by Gasteiger charge is -2.32. The highest BCUT2D eigenvalue weighted by molar-refractivity contribution is 6.71. The smallest absolute Gasteiger partial charge is 0.261 e. The average molecular weight is 665 g/mol. The van der Waals surface area contributed by atoms with Crippen LogP contribution in [0.15, 0.2) is 85.2 Å². The van der Waals surface area contributed by atoms with E-state index in [-0.39, 0.29) is 42.2 Å². The molecule has 5 aromatic rings. The van der Waals surface area contributed by atoms with E-state index in [2.05, 4.69) is 25.9 Å². The zero-order chi connectivity index (χ0) is 33.6. The number of aromatic nitrogens is 4. The van der Waals surface area contributed by atoms with E-state index >= 15 is 0 Å². The number of nitrogens with zero attached hydrogens (tertiary/aromatic N) is 3. The number of benzene rings is 3. The topological polar surface area (TPSA) is 154 Å². The zero-order valence-electron chi connectivity index (χ0n) is 27.2. The van der Waals surface area contributed by atoms with Crippen molar-refractivity contribution in [1.82, 2.24) is 20.0 Å². The standard InChI is InChI=1S/C36H40N6O5Si/c1-22-34(48(2,3)46)32(15-16-42-20-31(40-41-42)27(21-43)23-9-5-4-6-10-23)47-36(22)28-18-25(13-14-30(28)39-35(36)45)38-33(44)17-24-19-37-29-12-8-7-11-26(24)29/h4-14,18-20,22,27,32,34,37,43,46H,15-17,21H2,1-3H3,(H,38,44)(H,39,45)/t22-,27?,32+,34-,36+/m0/s1. The number of amides is 2. The number of rotatable bonds is 10. The second kappa shape index (κ2) is 12.4. The predicted octanol–water partition coefficient (Wildman–Crippen LogP) is 4.91. The molecule has 1 saturated heterocycles. The molecule has 0 saturated carbocycles. The summed E-state index contributed by atoms with van der Waals surface area (Å²) in [4.78, 5) is 41.8. The second-order valence-electron chi connectivity index (χ2n) is 13.5. The van der Waals surface area contributed by atoms with E-state index in [9.17, 15) is 19.5 Å². The highest BCUT2D eigenvalue weighted by atomic mass is 28.4. The number of anilines is 2. The van der Waals surface area contributed by atoms with Gasteiger partial charge in [0.15, 0.2) is 13.9 Å². The molecule has 12 heteroatoms. The number of fused-ring (bicyclic) bond motifs is 3. The molecular formula is C36H40N6O5Si. The fourth-order valence-corrected chi connectivity index (χ4v) is 10.4. The van der Waals surface area contributed by atoms with Crippen LogP contribution < -0.4 is 10.6 Å². The van der Waals surface area contributed by atoms with E-state index < -0.39 is 20.0 Å². The predicted molar refractivity (Wildman–Crippen MR) is 185 cm³/mol. The Labute approximate surface area is 279 Å². The first-order chi connectivity index (χ1) is 23.1. The van der Waals surface area contributed by atoms with Crippen LogP contribution in [0, 0.1) is 5.92 Å². The van der Waals surface area contributed by atoms with Gasteiger partial charge in [-0.3, -0.25) is 14.3 Å². The summed E-state index contributed by atoms with van der Waals surface area (Å²) in [6.07, 6.45) is 3.95. The van der Waals surface area contributed by atoms with Crippen LogP contribution in [-0.4, -0.2) is 62.7 Å². The van der Waals surface area contributed by atoms with Gasteiger partial charge in [-0.05, 0) is 54.9 Å². The van der Waals surface area contributed by atoms with E-state index in [1.54, 1.807) is 16.8 Å². The van der Waals surface area contributed by atoms with Crippen molar-refractivity contribution in [3.63, 3.8) is 0 Å². The molecule has 1 fully saturated rings. The van der Waals surface area contributed by atoms with Crippen LogP contribution >= 0.6 is 0 Å². The fourth-order valence-electron chi connectivity index (χ4n) is 7.80. The number of hydrogen-bond donors (Lipinski definition) is 5. The van der Waals surface area contributed by atoms with Crippen molar-refractivity contribution < 1.29 is 24.2 Å². The summed E-state index contributed by atoms with van der Waals surface area (Å²) in [7, 11) is -2.85. The van der Waals surface area contributed by atoms with E-state index in [1.807, 2.05) is 93.1 Å². The van der Waals surface area contributed by atoms with E-state index in [0.29, 0.717) is 35.6 Å². The van der Waals surface area contributed by atoms with E-state index in [4.69, 9.17) is 4.74 Å². The van der Waals surface area contributed by atoms with Gasteiger partial charge >= 0.3 is 0 Å². The summed E-state index contributed by atoms with van der Waals surface area (Å²) in [5.74, 6) is -1.07. The number of hydrogen-bond acceptors (Lipinski definition) is 7. The second-order valence-corrected chi connectivity index (χ2v) is 17.5. The molecule has 4 heterocycles. The van der Waals surface area contributed by atoms with Crippen molar-refractivity contribution in [2.24, 2.45) is 5.92 Å². The maximum Gasteiger partial charge on any atom is 0.261 e. The van der Waals surface area contributed by atoms with Crippen molar-refractivity contribution >= 4 is 42.4 Å². The van der Waals surface area contributed by atoms with Gasteiger partial charge in [-0.15, -0.1) is 5.10 Å². The molecule has 1 spiro atoms. The molecule has 3 aromatic carbocycles. The Morgan fingerprint density at radius 2 is 1.90 bits per heavy atom. The number of ether oxygens (including phenoxy) is 1. The van der Waals surface area contributed by atoms with Gasteiger partial charge in [0.2, 0.25) is 5.91 Å². The number of aromatic amines is 1. The Bertz CT molecular complexity index is 1970. The van der Waals surface area contributed by atoms with Gasteiger partial charge < -0.3 is 30.3 Å². The minimum Gasteiger partial charge on any atom is -0.432 e. The van der Waals surface area contributed by atoms with Crippen LogP contribution in [0.2, 0.25) is 18.6 Å². The van der Waals surface area contributed by atoms with Gasteiger partial charge in [-0.1, -0.05) is 60.7 Å². The van der Waals surface area contributed by atoms with Crippen LogP contribution in [-0.2, 0) is 32.9 Å². The third kappa shape index (κ3) is 5.64. The van der Waals surface area contributed by atoms with Crippen molar-refractivity contribution in [1.29, 1.82) is 0 Å². The summed E-state index contributed by atoms with van der Waals surface area (Å²) >= 11 is 0. The Kier molecular flexibility index (Phi) is 8.28. The molecule has 0 radical (unpaired) electrons. The summed E-state index contributed by atoms with van der Waals surface area (Å²) in [6.45, 7) is 6.11. The van der Waals surface area contributed by atoms with Gasteiger partial charge in [0.25, 0.3) is 5.91 Å². The largest absolute Gasteiger partial charge is 0.432 e. The van der Waals surface area contributed by atoms with Gasteiger partial charge in [-0.2, -0.15) is 0 Å². The summed E-state index contributed by atoms with van der Waals surface area (Å²) in [5.41, 5.74) is 3.77. The van der Waals surface area contributed by atoms with Crippen LogP contribution in [0.1, 0.15) is 41.6 Å². The lowest BCUT2D eigenvalue weighted by atomic mass is 9.82. The number of nitrogens with one attached hydrogen (secondary N) is 3. The van der Waals surface area contributed by atoms with Crippen LogP contribution in [0.25, 0.3) is 10.9 Å². The lowest BCUT2D eigenvalue weighted by Crippen LogP contribution is -2.43. The van der Waals surface area contributed by atoms with Gasteiger partial charge in [0.1, 0.15) is 0 Å². The molecule has 2 amide bonds. The quantitative estimate of drug-likeness (QED) is 0.133. The number of carbonyl (C=O) groups excluding carboxylic acids is 2. The molecule has 7 rings (SSSR count). The zero-order valence-corrected chi connectivity index (χ0v) is 28.2. The molecule has 48 heavy (non-hydrogen) atoms. The minimum absolute atomic E-state index is 0.0964. The lowest BCUT2D eigenvalue weighted by molar-refractivity contribution is -0.143. The average Bonchev–Trinajstić information content (AvgIpc) is 3.83. The van der Waals surface area contributed by atoms with E-state index in [0.717, 1.165) is 22.0 Å². The Morgan fingerprint density at radius 1 is 1.12 bits per heavy atom. The molecule has 248 valence electrons. The number of carbonyl (C=O) groups is 2. The monoisotopic (exact) mass is 664 g/mol. The highest BCUT2D eigenvalue weighted by Crippen LogP contribution is 2.58. The van der Waals surface area contributed by atoms with Crippen LogP contribution in [0.3, 0.4) is 0 Å². The van der Waals surface area contributed by atoms with Crippen LogP contribution in [0.5, 0.6) is 0 Å². The molecule has 11 nitrogen and oxygen atoms in total. The van der Waals surface area contributed by atoms with E-state index in [1.165, 1.54) is 0 Å². The third-order valence-electron chi connectivity index (χ3n) is 9.99. The molecule has 5 N–H and O–H groups in total. The molecular weight excluding hydrogens is 625 g/mol. The maximum atomic E-state index is 13.8. The normalized spacial score (nSPS) is 22.6. The fraction of sp³-hybridized carbons (Fsp3) is 0.333. The SMILES string of the molecule is C[C@H]1[C@H]([Si](C)(C)O)[C@@H](CCn2cc(C(CO)c3ccccc3)nn2)O[C@]12C(=O)Nc1ccc(NC(=O)Cc3c[nH]c4ccccc34)cc12. The Balaban J connectivity index is 1.11. The molecule has 0 aliphatic carbocycles. The summed E-state index contributed by atoms with van der Waals surface area (Å²) in [6, 6.07) is 23.0. The maximum absolute atomic E-state index is 13.8. The number of para-hydroxylation sites is 1. The van der Waals surface area contributed by atoms with Crippen molar-refractivity contribution in [2.45, 2.75) is 62.6 Å². The molecule has 2 aliphatic heterocycles. The summed E-state index contributed by atoms with van der Waals surface area (Å²) < 4.78 is 8.53. The van der Waals surface area contributed by atoms with Gasteiger partial charge in [0.05, 0.1) is 30.7 Å². The Hall–Kier alpha value is -4.62. The highest BCUT2D eigenvalue weighted by Gasteiger charge is 2.64. The summed E-state index contributed by atoms with van der Waals surface area (Å²) in [5, 5.41) is 25.8. The number of aliphatic hydroxyl groups is 1. The molecule has 1 unspecified atom stereocenters. The molecule has 2 aromatic heterocycles. The van der Waals surface area contributed by atoms with Crippen molar-refractivity contribution in [3.8, 4) is 0 Å². The number of aliphatic hydroxyl groups excluding tert-OH is 1. The minimum atomic E-state index is -2.85. The third-order valence-corrected chi connectivity index (χ3v) is 12.5. The van der Waals surface area contributed by atoms with Crippen molar-refractivity contribution in [2.75, 3.05) is 17.2 Å². The molecule has 2 aliphatic rings. The van der Waals surface area contributed by atoms with Gasteiger partial charge in [-0.25, -0.2) is 0 Å². The molecule has 5 atom stereocenters. The Morgan fingerprint density at radius 3 is 2.67 bits per heavy atom.